The molecule has 0 unspecified atom stereocenters. The van der Waals surface area contributed by atoms with Crippen molar-refractivity contribution in [2.24, 2.45) is 5.92 Å². The Bertz CT molecular complexity index is 1940. The fourth-order valence-electron chi connectivity index (χ4n) is 8.70. The standard InChI is InChI=1S/C42H47N3O6Si/c1-29-40(52(3,4)34-18-16-33(50-2)17-19-34)37(26-39(48)43(23-24-46)27-30-11-7-5-8-12-30)51-42(29)35-25-32(44-22-21-38(44)47)15-20-36(35)45(41(42)49)28-31-13-9-6-10-14-31/h5-20,25,29,37,40,46H,21-24,26-28H2,1-4H3/t29-,37+,40-,42+/m1/s1. The van der Waals surface area contributed by atoms with E-state index in [0.717, 1.165) is 33.8 Å². The summed E-state index contributed by atoms with van der Waals surface area (Å²) in [4.78, 5) is 47.5. The van der Waals surface area contributed by atoms with Crippen LogP contribution in [0.5, 0.6) is 5.75 Å². The van der Waals surface area contributed by atoms with Crippen LogP contribution in [0.4, 0.5) is 11.4 Å². The van der Waals surface area contributed by atoms with Crippen molar-refractivity contribution in [1.82, 2.24) is 4.90 Å². The van der Waals surface area contributed by atoms with Crippen molar-refractivity contribution in [3.8, 4) is 5.75 Å². The number of rotatable bonds is 12. The zero-order valence-electron chi connectivity index (χ0n) is 30.3. The molecule has 4 aromatic carbocycles. The van der Waals surface area contributed by atoms with Crippen LogP contribution in [0.2, 0.25) is 18.6 Å². The van der Waals surface area contributed by atoms with Crippen LogP contribution >= 0.6 is 0 Å². The van der Waals surface area contributed by atoms with Gasteiger partial charge in [-0.1, -0.05) is 98.0 Å². The number of β-lactam (4-membered cyclic amide) rings is 1. The average molecular weight is 718 g/mol. The lowest BCUT2D eigenvalue weighted by molar-refractivity contribution is -0.150. The number of hydrogen-bond donors (Lipinski definition) is 1. The van der Waals surface area contributed by atoms with E-state index in [1.54, 1.807) is 16.9 Å². The lowest BCUT2D eigenvalue weighted by Gasteiger charge is -2.37. The zero-order chi connectivity index (χ0) is 36.6. The maximum absolute atomic E-state index is 15.2. The van der Waals surface area contributed by atoms with Crippen LogP contribution in [-0.4, -0.2) is 68.7 Å². The predicted octanol–water partition coefficient (Wildman–Crippen LogP) is 5.61. The molecule has 0 bridgehead atoms. The highest BCUT2D eigenvalue weighted by Gasteiger charge is 2.66. The summed E-state index contributed by atoms with van der Waals surface area (Å²) >= 11 is 0. The Morgan fingerprint density at radius 1 is 0.962 bits per heavy atom. The molecule has 3 heterocycles. The Morgan fingerprint density at radius 2 is 1.63 bits per heavy atom. The number of carbonyl (C=O) groups excluding carboxylic acids is 3. The molecule has 10 heteroatoms. The number of fused-ring (bicyclic) bond motifs is 2. The van der Waals surface area contributed by atoms with Crippen LogP contribution in [0.25, 0.3) is 0 Å². The van der Waals surface area contributed by atoms with E-state index in [-0.39, 0.29) is 48.8 Å². The summed E-state index contributed by atoms with van der Waals surface area (Å²) in [6, 6.07) is 33.7. The van der Waals surface area contributed by atoms with Crippen molar-refractivity contribution in [1.29, 1.82) is 0 Å². The van der Waals surface area contributed by atoms with Gasteiger partial charge in [0.15, 0.2) is 5.60 Å². The van der Waals surface area contributed by atoms with Crippen molar-refractivity contribution in [2.45, 2.75) is 63.2 Å². The van der Waals surface area contributed by atoms with E-state index in [9.17, 15) is 14.7 Å². The van der Waals surface area contributed by atoms with E-state index in [2.05, 4.69) is 32.2 Å². The van der Waals surface area contributed by atoms with Crippen molar-refractivity contribution in [3.05, 3.63) is 120 Å². The monoisotopic (exact) mass is 717 g/mol. The normalized spacial score (nSPS) is 22.4. The number of aliphatic hydroxyl groups excluding tert-OH is 1. The van der Waals surface area contributed by atoms with Gasteiger partial charge in [-0.2, -0.15) is 0 Å². The highest BCUT2D eigenvalue weighted by atomic mass is 28.3. The molecular formula is C42H47N3O6Si. The highest BCUT2D eigenvalue weighted by Crippen LogP contribution is 2.60. The van der Waals surface area contributed by atoms with Gasteiger partial charge < -0.3 is 29.3 Å². The number of hydrogen-bond acceptors (Lipinski definition) is 6. The molecule has 52 heavy (non-hydrogen) atoms. The van der Waals surface area contributed by atoms with Gasteiger partial charge in [-0.05, 0) is 47.0 Å². The van der Waals surface area contributed by atoms with Gasteiger partial charge in [0.05, 0.1) is 46.5 Å². The number of benzene rings is 4. The largest absolute Gasteiger partial charge is 0.497 e. The van der Waals surface area contributed by atoms with E-state index in [4.69, 9.17) is 9.47 Å². The van der Waals surface area contributed by atoms with Gasteiger partial charge in [0.1, 0.15) is 5.75 Å². The van der Waals surface area contributed by atoms with Crippen LogP contribution in [0.1, 0.15) is 36.5 Å². The lowest BCUT2D eigenvalue weighted by atomic mass is 9.82. The third-order valence-corrected chi connectivity index (χ3v) is 15.8. The first-order valence-corrected chi connectivity index (χ1v) is 21.2. The molecule has 4 atom stereocenters. The third-order valence-electron chi connectivity index (χ3n) is 11.5. The fraction of sp³-hybridized carbons (Fsp3) is 0.357. The van der Waals surface area contributed by atoms with Crippen molar-refractivity contribution < 1.29 is 29.0 Å². The molecule has 0 radical (unpaired) electrons. The van der Waals surface area contributed by atoms with Crippen molar-refractivity contribution >= 4 is 42.4 Å². The van der Waals surface area contributed by atoms with Crippen LogP contribution in [-0.2, 0) is 37.8 Å². The molecule has 0 aliphatic carbocycles. The summed E-state index contributed by atoms with van der Waals surface area (Å²) in [5.74, 6) is 0.211. The van der Waals surface area contributed by atoms with Gasteiger partial charge in [-0.15, -0.1) is 0 Å². The Kier molecular flexibility index (Phi) is 9.82. The van der Waals surface area contributed by atoms with E-state index in [0.29, 0.717) is 26.1 Å². The first-order valence-electron chi connectivity index (χ1n) is 18.1. The summed E-state index contributed by atoms with van der Waals surface area (Å²) < 4.78 is 12.7. The van der Waals surface area contributed by atoms with Crippen molar-refractivity contribution in [3.63, 3.8) is 0 Å². The second-order valence-electron chi connectivity index (χ2n) is 14.8. The van der Waals surface area contributed by atoms with Gasteiger partial charge in [0.2, 0.25) is 11.8 Å². The first-order chi connectivity index (χ1) is 25.1. The number of nitrogens with zero attached hydrogens (tertiary/aromatic N) is 3. The molecule has 0 aromatic heterocycles. The molecule has 4 aromatic rings. The number of carbonyl (C=O) groups is 3. The molecule has 2 fully saturated rings. The molecule has 0 saturated carbocycles. The molecule has 3 aliphatic rings. The summed E-state index contributed by atoms with van der Waals surface area (Å²) in [5, 5.41) is 11.2. The first kappa shape index (κ1) is 35.6. The number of amides is 3. The molecule has 9 nitrogen and oxygen atoms in total. The SMILES string of the molecule is COc1ccc([Si](C)(C)[C@H]2[C@H](CC(=O)N(CCO)Cc3ccccc3)O[C@@]3(C(=O)N(Cc4ccccc4)c4ccc(N5CCC5=O)cc43)[C@@H]2C)cc1. The Hall–Kier alpha value is -4.77. The number of anilines is 2. The topological polar surface area (TPSA) is 99.6 Å². The number of aliphatic hydroxyl groups is 1. The van der Waals surface area contributed by atoms with Crippen LogP contribution in [0.15, 0.2) is 103 Å². The lowest BCUT2D eigenvalue weighted by Crippen LogP contribution is -2.52. The quantitative estimate of drug-likeness (QED) is 0.151. The Balaban J connectivity index is 1.33. The van der Waals surface area contributed by atoms with Crippen LogP contribution in [0, 0.1) is 5.92 Å². The maximum Gasteiger partial charge on any atom is 0.264 e. The molecular weight excluding hydrogens is 671 g/mol. The molecule has 3 aliphatic heterocycles. The molecule has 1 N–H and O–H groups in total. The second-order valence-corrected chi connectivity index (χ2v) is 19.4. The fourth-order valence-corrected chi connectivity index (χ4v) is 12.7. The van der Waals surface area contributed by atoms with E-state index in [1.165, 1.54) is 5.19 Å². The number of ether oxygens (including phenoxy) is 2. The Labute approximate surface area is 306 Å². The molecule has 1 spiro atoms. The smallest absolute Gasteiger partial charge is 0.264 e. The van der Waals surface area contributed by atoms with Gasteiger partial charge in [-0.25, -0.2) is 0 Å². The van der Waals surface area contributed by atoms with Gasteiger partial charge >= 0.3 is 0 Å². The molecule has 270 valence electrons. The van der Waals surface area contributed by atoms with E-state index in [1.807, 2.05) is 95.9 Å². The summed E-state index contributed by atoms with van der Waals surface area (Å²) in [6.45, 7) is 8.06. The minimum absolute atomic E-state index is 0.0524. The predicted molar refractivity (Wildman–Crippen MR) is 204 cm³/mol. The van der Waals surface area contributed by atoms with Gasteiger partial charge in [0.25, 0.3) is 5.91 Å². The number of methoxy groups -OCH3 is 1. The zero-order valence-corrected chi connectivity index (χ0v) is 31.3. The highest BCUT2D eigenvalue weighted by molar-refractivity contribution is 6.91. The average Bonchev–Trinajstić information content (AvgIpc) is 3.57. The van der Waals surface area contributed by atoms with Gasteiger partial charge in [0, 0.05) is 43.2 Å². The van der Waals surface area contributed by atoms with E-state index >= 15 is 4.79 Å². The maximum atomic E-state index is 15.2. The minimum Gasteiger partial charge on any atom is -0.497 e. The van der Waals surface area contributed by atoms with Crippen LogP contribution in [0.3, 0.4) is 0 Å². The molecule has 7 rings (SSSR count). The summed E-state index contributed by atoms with van der Waals surface area (Å²) in [6.07, 6.45) is -0.0389. The summed E-state index contributed by atoms with van der Waals surface area (Å²) in [5.41, 5.74) is 2.69. The molecule has 3 amide bonds. The Morgan fingerprint density at radius 3 is 2.23 bits per heavy atom. The third kappa shape index (κ3) is 6.22. The van der Waals surface area contributed by atoms with Crippen molar-refractivity contribution in [2.75, 3.05) is 36.6 Å². The minimum atomic E-state index is -2.52. The van der Waals surface area contributed by atoms with Gasteiger partial charge in [-0.3, -0.25) is 14.4 Å². The molecule has 2 saturated heterocycles. The van der Waals surface area contributed by atoms with E-state index < -0.39 is 19.8 Å². The summed E-state index contributed by atoms with van der Waals surface area (Å²) in [7, 11) is -0.872. The van der Waals surface area contributed by atoms with Crippen LogP contribution < -0.4 is 19.7 Å². The second kappa shape index (κ2) is 14.3.